The number of hydrogen-bond acceptors (Lipinski definition) is 1. The summed E-state index contributed by atoms with van der Waals surface area (Å²) in [5, 5.41) is 12.0. The minimum absolute atomic E-state index is 0.201. The lowest BCUT2D eigenvalue weighted by Crippen LogP contribution is -2.40. The quantitative estimate of drug-likeness (QED) is 0.790. The summed E-state index contributed by atoms with van der Waals surface area (Å²) in [5.41, 5.74) is -0.0506. The molecule has 0 bridgehead atoms. The third-order valence-corrected chi connectivity index (χ3v) is 5.06. The Morgan fingerprint density at radius 1 is 1.29 bits per heavy atom. The van der Waals surface area contributed by atoms with Crippen molar-refractivity contribution >= 4 is 23.2 Å². The Balaban J connectivity index is 2.46. The van der Waals surface area contributed by atoms with Gasteiger partial charge < -0.3 is 5.11 Å². The van der Waals surface area contributed by atoms with Crippen molar-refractivity contribution in [2.75, 3.05) is 0 Å². The average molecular weight is 273 g/mol. The Bertz CT molecular complexity index is 419. The summed E-state index contributed by atoms with van der Waals surface area (Å²) in [5.74, 6) is 0.705. The Labute approximate surface area is 113 Å². The normalized spacial score (nSPS) is 33.7. The molecule has 1 aliphatic rings. The summed E-state index contributed by atoms with van der Waals surface area (Å²) < 4.78 is 0. The molecule has 1 fully saturated rings. The largest absolute Gasteiger partial charge is 0.385 e. The van der Waals surface area contributed by atoms with Gasteiger partial charge in [0.15, 0.2) is 0 Å². The van der Waals surface area contributed by atoms with E-state index in [0.29, 0.717) is 16.0 Å². The Morgan fingerprint density at radius 3 is 2.71 bits per heavy atom. The highest BCUT2D eigenvalue weighted by Gasteiger charge is 2.42. The van der Waals surface area contributed by atoms with Crippen LogP contribution in [0.25, 0.3) is 0 Å². The Kier molecular flexibility index (Phi) is 3.72. The van der Waals surface area contributed by atoms with Crippen LogP contribution in [0, 0.1) is 11.8 Å². The van der Waals surface area contributed by atoms with Gasteiger partial charge >= 0.3 is 0 Å². The molecular weight excluding hydrogens is 255 g/mol. The van der Waals surface area contributed by atoms with E-state index in [1.807, 2.05) is 12.1 Å². The molecule has 1 nitrogen and oxygen atoms in total. The van der Waals surface area contributed by atoms with E-state index in [1.165, 1.54) is 6.42 Å². The lowest BCUT2D eigenvalue weighted by Gasteiger charge is -2.42. The average Bonchev–Trinajstić information content (AvgIpc) is 2.29. The maximum absolute atomic E-state index is 10.9. The summed E-state index contributed by atoms with van der Waals surface area (Å²) in [6, 6.07) is 5.50. The number of aliphatic hydroxyl groups is 1. The highest BCUT2D eigenvalue weighted by atomic mass is 35.5. The van der Waals surface area contributed by atoms with Crippen LogP contribution in [0.5, 0.6) is 0 Å². The summed E-state index contributed by atoms with van der Waals surface area (Å²) in [7, 11) is 0. The van der Waals surface area contributed by atoms with Gasteiger partial charge in [0.2, 0.25) is 0 Å². The molecule has 0 radical (unpaired) electrons. The van der Waals surface area contributed by atoms with Crippen LogP contribution < -0.4 is 0 Å². The van der Waals surface area contributed by atoms with Crippen LogP contribution in [-0.4, -0.2) is 5.11 Å². The topological polar surface area (TPSA) is 20.2 Å². The van der Waals surface area contributed by atoms with Crippen LogP contribution in [0.1, 0.15) is 38.7 Å². The van der Waals surface area contributed by atoms with E-state index in [-0.39, 0.29) is 5.92 Å². The first kappa shape index (κ1) is 13.2. The van der Waals surface area contributed by atoms with Gasteiger partial charge in [-0.05, 0) is 30.7 Å². The minimum Gasteiger partial charge on any atom is -0.385 e. The predicted octanol–water partition coefficient (Wildman–Crippen LogP) is 4.64. The number of halogens is 2. The van der Waals surface area contributed by atoms with E-state index in [0.717, 1.165) is 18.4 Å². The van der Waals surface area contributed by atoms with Crippen LogP contribution >= 0.6 is 23.2 Å². The van der Waals surface area contributed by atoms with E-state index in [2.05, 4.69) is 13.8 Å². The van der Waals surface area contributed by atoms with Crippen molar-refractivity contribution in [1.29, 1.82) is 0 Å². The molecule has 2 rings (SSSR count). The van der Waals surface area contributed by atoms with Crippen molar-refractivity contribution in [1.82, 2.24) is 0 Å². The van der Waals surface area contributed by atoms with Gasteiger partial charge in [-0.2, -0.15) is 0 Å². The predicted molar refractivity (Wildman–Crippen MR) is 72.5 cm³/mol. The van der Waals surface area contributed by atoms with Crippen molar-refractivity contribution in [3.63, 3.8) is 0 Å². The Morgan fingerprint density at radius 2 is 2.00 bits per heavy atom. The summed E-state index contributed by atoms with van der Waals surface area (Å²) in [6.45, 7) is 4.29. The van der Waals surface area contributed by atoms with Crippen LogP contribution in [0.3, 0.4) is 0 Å². The van der Waals surface area contributed by atoms with Gasteiger partial charge in [0.25, 0.3) is 0 Å². The molecule has 1 N–H and O–H groups in total. The molecule has 0 aliphatic heterocycles. The van der Waals surface area contributed by atoms with Gasteiger partial charge in [0, 0.05) is 5.56 Å². The maximum atomic E-state index is 10.9. The molecule has 3 unspecified atom stereocenters. The SMILES string of the molecule is CC1CCCC(O)(c2cccc(Cl)c2Cl)C1C. The third kappa shape index (κ3) is 2.21. The second-order valence-corrected chi connectivity index (χ2v) is 5.97. The van der Waals surface area contributed by atoms with E-state index in [9.17, 15) is 5.11 Å². The monoisotopic (exact) mass is 272 g/mol. The molecule has 3 atom stereocenters. The molecule has 1 saturated carbocycles. The zero-order valence-electron chi connectivity index (χ0n) is 10.2. The Hall–Kier alpha value is -0.240. The van der Waals surface area contributed by atoms with Gasteiger partial charge in [0.1, 0.15) is 0 Å². The summed E-state index contributed by atoms with van der Waals surface area (Å²) >= 11 is 12.3. The van der Waals surface area contributed by atoms with Gasteiger partial charge in [-0.15, -0.1) is 0 Å². The molecule has 0 amide bonds. The van der Waals surface area contributed by atoms with Crippen LogP contribution in [0.2, 0.25) is 10.0 Å². The molecule has 1 aromatic rings. The van der Waals surface area contributed by atoms with Crippen LogP contribution in [0.4, 0.5) is 0 Å². The second kappa shape index (κ2) is 4.79. The van der Waals surface area contributed by atoms with E-state index >= 15 is 0 Å². The van der Waals surface area contributed by atoms with Gasteiger partial charge in [0.05, 0.1) is 15.6 Å². The van der Waals surface area contributed by atoms with Crippen molar-refractivity contribution in [2.24, 2.45) is 11.8 Å². The molecule has 1 aromatic carbocycles. The molecule has 1 aliphatic carbocycles. The minimum atomic E-state index is -0.834. The zero-order valence-corrected chi connectivity index (χ0v) is 11.7. The lowest BCUT2D eigenvalue weighted by atomic mass is 9.67. The van der Waals surface area contributed by atoms with Crippen molar-refractivity contribution in [3.05, 3.63) is 33.8 Å². The molecule has 0 aromatic heterocycles. The summed E-state index contributed by atoms with van der Waals surface area (Å²) in [6.07, 6.45) is 2.96. The second-order valence-electron chi connectivity index (χ2n) is 5.18. The fourth-order valence-electron chi connectivity index (χ4n) is 2.86. The van der Waals surface area contributed by atoms with Gasteiger partial charge in [-0.25, -0.2) is 0 Å². The van der Waals surface area contributed by atoms with E-state index in [1.54, 1.807) is 6.07 Å². The molecule has 0 heterocycles. The van der Waals surface area contributed by atoms with Crippen molar-refractivity contribution < 1.29 is 5.11 Å². The number of hydrogen-bond donors (Lipinski definition) is 1. The van der Waals surface area contributed by atoms with Crippen LogP contribution in [-0.2, 0) is 5.60 Å². The fraction of sp³-hybridized carbons (Fsp3) is 0.571. The first-order chi connectivity index (χ1) is 7.97. The highest BCUT2D eigenvalue weighted by Crippen LogP contribution is 2.47. The first-order valence-electron chi connectivity index (χ1n) is 6.13. The third-order valence-electron chi connectivity index (χ3n) is 4.24. The molecule has 0 saturated heterocycles. The number of rotatable bonds is 1. The van der Waals surface area contributed by atoms with Crippen molar-refractivity contribution in [3.8, 4) is 0 Å². The molecule has 94 valence electrons. The fourth-order valence-corrected chi connectivity index (χ4v) is 3.32. The highest BCUT2D eigenvalue weighted by molar-refractivity contribution is 6.42. The molecule has 3 heteroatoms. The van der Waals surface area contributed by atoms with E-state index < -0.39 is 5.60 Å². The molecule has 17 heavy (non-hydrogen) atoms. The smallest absolute Gasteiger partial charge is 0.0939 e. The van der Waals surface area contributed by atoms with Gasteiger partial charge in [-0.1, -0.05) is 55.6 Å². The molecule has 0 spiro atoms. The standard InChI is InChI=1S/C14H18Cl2O/c1-9-5-4-8-14(17,10(9)2)11-6-3-7-12(15)13(11)16/h3,6-7,9-10,17H,4-5,8H2,1-2H3. The maximum Gasteiger partial charge on any atom is 0.0939 e. The summed E-state index contributed by atoms with van der Waals surface area (Å²) in [4.78, 5) is 0. The van der Waals surface area contributed by atoms with E-state index in [4.69, 9.17) is 23.2 Å². The number of benzene rings is 1. The molecular formula is C14H18Cl2O. The van der Waals surface area contributed by atoms with Crippen molar-refractivity contribution in [2.45, 2.75) is 38.7 Å². The van der Waals surface area contributed by atoms with Gasteiger partial charge in [-0.3, -0.25) is 0 Å². The lowest BCUT2D eigenvalue weighted by molar-refractivity contribution is -0.0687. The zero-order chi connectivity index (χ0) is 12.6. The van der Waals surface area contributed by atoms with Crippen LogP contribution in [0.15, 0.2) is 18.2 Å². The first-order valence-corrected chi connectivity index (χ1v) is 6.89.